The first-order chi connectivity index (χ1) is 10.8. The number of carbonyl (C=O) groups excluding carboxylic acids is 2. The molecule has 0 N–H and O–H groups in total. The first kappa shape index (κ1) is 18.8. The van der Waals surface area contributed by atoms with E-state index in [1.807, 2.05) is 0 Å². The Morgan fingerprint density at radius 1 is 0.957 bits per heavy atom. The monoisotopic (exact) mass is 326 g/mol. The summed E-state index contributed by atoms with van der Waals surface area (Å²) in [6, 6.07) is 3.30. The van der Waals surface area contributed by atoms with Crippen LogP contribution in [-0.2, 0) is 19.1 Å². The topological polar surface area (TPSA) is 80.3 Å². The van der Waals surface area contributed by atoms with Crippen molar-refractivity contribution >= 4 is 11.9 Å². The van der Waals surface area contributed by atoms with E-state index in [9.17, 15) is 9.59 Å². The Morgan fingerprint density at radius 3 is 1.83 bits per heavy atom. The second kappa shape index (κ2) is 8.38. The molecule has 0 fully saturated rings. The van der Waals surface area contributed by atoms with Crippen LogP contribution in [0.1, 0.15) is 32.4 Å². The van der Waals surface area contributed by atoms with Crippen molar-refractivity contribution in [2.45, 2.75) is 33.0 Å². The van der Waals surface area contributed by atoms with Gasteiger partial charge < -0.3 is 23.7 Å². The highest BCUT2D eigenvalue weighted by Gasteiger charge is 2.25. The van der Waals surface area contributed by atoms with Gasteiger partial charge in [-0.2, -0.15) is 0 Å². The summed E-state index contributed by atoms with van der Waals surface area (Å²) in [5.41, 5.74) is 0.658. The average molecular weight is 326 g/mol. The van der Waals surface area contributed by atoms with Gasteiger partial charge in [0.1, 0.15) is 12.2 Å². The molecule has 1 aromatic rings. The number of hydrogen-bond donors (Lipinski definition) is 0. The lowest BCUT2D eigenvalue weighted by Crippen LogP contribution is -2.23. The highest BCUT2D eigenvalue weighted by Crippen LogP contribution is 2.41. The minimum atomic E-state index is -0.534. The highest BCUT2D eigenvalue weighted by atomic mass is 16.6. The van der Waals surface area contributed by atoms with Crippen LogP contribution in [0.4, 0.5) is 0 Å². The normalized spacial score (nSPS) is 13.0. The van der Waals surface area contributed by atoms with Gasteiger partial charge in [-0.05, 0) is 24.6 Å². The maximum atomic E-state index is 11.2. The molecule has 1 rings (SSSR count). The second-order valence-corrected chi connectivity index (χ2v) is 4.82. The van der Waals surface area contributed by atoms with Crippen molar-refractivity contribution in [2.75, 3.05) is 21.3 Å². The van der Waals surface area contributed by atoms with Gasteiger partial charge in [0.15, 0.2) is 11.5 Å². The summed E-state index contributed by atoms with van der Waals surface area (Å²) < 4.78 is 26.3. The lowest BCUT2D eigenvalue weighted by molar-refractivity contribution is -0.152. The Labute approximate surface area is 135 Å². The number of hydrogen-bond acceptors (Lipinski definition) is 7. The Hall–Kier alpha value is -2.28. The maximum Gasteiger partial charge on any atom is 0.308 e. The van der Waals surface area contributed by atoms with E-state index in [2.05, 4.69) is 0 Å². The Morgan fingerprint density at radius 2 is 1.48 bits per heavy atom. The molecule has 0 heterocycles. The number of carbonyl (C=O) groups is 2. The van der Waals surface area contributed by atoms with Crippen LogP contribution in [0.5, 0.6) is 17.2 Å². The zero-order chi connectivity index (χ0) is 17.6. The number of benzene rings is 1. The Kier molecular flexibility index (Phi) is 6.84. The standard InChI is InChI=1S/C16H22O7/c1-9(22-10(2)17)15(21-6)12-7-13(19-4)16(23-11(3)18)14(8-12)20-5/h7-9,15H,1-6H3/t9-,15-/m0/s1. The maximum absolute atomic E-state index is 11.2. The first-order valence-electron chi connectivity index (χ1n) is 6.98. The quantitative estimate of drug-likeness (QED) is 0.561. The summed E-state index contributed by atoms with van der Waals surface area (Å²) in [6.07, 6.45) is -1.06. The summed E-state index contributed by atoms with van der Waals surface area (Å²) in [4.78, 5) is 22.4. The van der Waals surface area contributed by atoms with Gasteiger partial charge in [0.25, 0.3) is 0 Å². The second-order valence-electron chi connectivity index (χ2n) is 4.82. The fourth-order valence-electron chi connectivity index (χ4n) is 2.23. The summed E-state index contributed by atoms with van der Waals surface area (Å²) in [5.74, 6) is -0.0968. The fraction of sp³-hybridized carbons (Fsp3) is 0.500. The minimum absolute atomic E-state index is 0.182. The van der Waals surface area contributed by atoms with Crippen LogP contribution in [-0.4, -0.2) is 39.4 Å². The molecule has 0 bridgehead atoms. The van der Waals surface area contributed by atoms with Gasteiger partial charge in [-0.3, -0.25) is 9.59 Å². The molecule has 0 saturated carbocycles. The molecule has 0 radical (unpaired) electrons. The predicted octanol–water partition coefficient (Wildman–Crippen LogP) is 2.27. The molecule has 0 amide bonds. The molecule has 1 aromatic carbocycles. The van der Waals surface area contributed by atoms with E-state index in [4.69, 9.17) is 23.7 Å². The lowest BCUT2D eigenvalue weighted by Gasteiger charge is -2.24. The van der Waals surface area contributed by atoms with Crippen LogP contribution in [0.25, 0.3) is 0 Å². The summed E-state index contributed by atoms with van der Waals surface area (Å²) >= 11 is 0. The zero-order valence-corrected chi connectivity index (χ0v) is 14.2. The van der Waals surface area contributed by atoms with Gasteiger partial charge in [0.05, 0.1) is 14.2 Å². The molecule has 128 valence electrons. The van der Waals surface area contributed by atoms with E-state index in [0.717, 1.165) is 0 Å². The highest BCUT2D eigenvalue weighted by molar-refractivity contribution is 5.72. The van der Waals surface area contributed by atoms with Gasteiger partial charge >= 0.3 is 11.9 Å². The van der Waals surface area contributed by atoms with Gasteiger partial charge in [-0.1, -0.05) is 0 Å². The molecule has 0 aromatic heterocycles. The van der Waals surface area contributed by atoms with Crippen molar-refractivity contribution < 1.29 is 33.3 Å². The van der Waals surface area contributed by atoms with Crippen LogP contribution in [0.3, 0.4) is 0 Å². The molecule has 0 aliphatic rings. The molecular weight excluding hydrogens is 304 g/mol. The summed E-state index contributed by atoms with van der Waals surface area (Å²) in [7, 11) is 4.40. The third kappa shape index (κ3) is 4.85. The SMILES string of the molecule is COc1cc([C@@H](OC)[C@H](C)OC(C)=O)cc(OC)c1OC(C)=O. The van der Waals surface area contributed by atoms with Crippen molar-refractivity contribution in [1.82, 2.24) is 0 Å². The molecule has 0 saturated heterocycles. The van der Waals surface area contributed by atoms with E-state index >= 15 is 0 Å². The minimum Gasteiger partial charge on any atom is -0.493 e. The van der Waals surface area contributed by atoms with Crippen molar-refractivity contribution in [3.8, 4) is 17.2 Å². The van der Waals surface area contributed by atoms with Crippen molar-refractivity contribution in [2.24, 2.45) is 0 Å². The van der Waals surface area contributed by atoms with Crippen LogP contribution in [0.15, 0.2) is 12.1 Å². The molecule has 2 atom stereocenters. The average Bonchev–Trinajstić information content (AvgIpc) is 2.47. The molecule has 23 heavy (non-hydrogen) atoms. The fourth-order valence-corrected chi connectivity index (χ4v) is 2.23. The number of methoxy groups -OCH3 is 3. The largest absolute Gasteiger partial charge is 0.493 e. The summed E-state index contributed by atoms with van der Waals surface area (Å²) in [5, 5.41) is 0. The van der Waals surface area contributed by atoms with Gasteiger partial charge in [-0.15, -0.1) is 0 Å². The predicted molar refractivity (Wildman–Crippen MR) is 81.8 cm³/mol. The Bertz CT molecular complexity index is 543. The van der Waals surface area contributed by atoms with Gasteiger partial charge in [0.2, 0.25) is 5.75 Å². The van der Waals surface area contributed by atoms with E-state index in [1.54, 1.807) is 19.1 Å². The zero-order valence-electron chi connectivity index (χ0n) is 14.2. The number of ether oxygens (including phenoxy) is 5. The van der Waals surface area contributed by atoms with E-state index < -0.39 is 24.1 Å². The molecule has 7 nitrogen and oxygen atoms in total. The summed E-state index contributed by atoms with van der Waals surface area (Å²) in [6.45, 7) is 4.33. The Balaban J connectivity index is 3.30. The number of rotatable bonds is 7. The van der Waals surface area contributed by atoms with E-state index in [-0.39, 0.29) is 5.75 Å². The van der Waals surface area contributed by atoms with Crippen LogP contribution >= 0.6 is 0 Å². The van der Waals surface area contributed by atoms with Crippen molar-refractivity contribution in [1.29, 1.82) is 0 Å². The molecule has 0 aliphatic heterocycles. The molecule has 7 heteroatoms. The molecule has 0 spiro atoms. The van der Waals surface area contributed by atoms with Gasteiger partial charge in [0, 0.05) is 21.0 Å². The molecular formula is C16H22O7. The van der Waals surface area contributed by atoms with E-state index in [0.29, 0.717) is 17.1 Å². The molecule has 0 aliphatic carbocycles. The number of esters is 2. The van der Waals surface area contributed by atoms with Crippen molar-refractivity contribution in [3.63, 3.8) is 0 Å². The van der Waals surface area contributed by atoms with E-state index in [1.165, 1.54) is 35.2 Å². The van der Waals surface area contributed by atoms with Crippen molar-refractivity contribution in [3.05, 3.63) is 17.7 Å². The lowest BCUT2D eigenvalue weighted by atomic mass is 10.0. The molecule has 0 unspecified atom stereocenters. The van der Waals surface area contributed by atoms with Crippen LogP contribution in [0, 0.1) is 0 Å². The van der Waals surface area contributed by atoms with Crippen LogP contribution < -0.4 is 14.2 Å². The smallest absolute Gasteiger partial charge is 0.308 e. The third-order valence-corrected chi connectivity index (χ3v) is 3.09. The van der Waals surface area contributed by atoms with Crippen LogP contribution in [0.2, 0.25) is 0 Å². The van der Waals surface area contributed by atoms with Gasteiger partial charge in [-0.25, -0.2) is 0 Å². The first-order valence-corrected chi connectivity index (χ1v) is 6.98. The third-order valence-electron chi connectivity index (χ3n) is 3.09.